The number of aliphatic hydroxyl groups is 1. The summed E-state index contributed by atoms with van der Waals surface area (Å²) in [6.07, 6.45) is 6.62. The Labute approximate surface area is 195 Å². The van der Waals surface area contributed by atoms with E-state index in [1.165, 1.54) is 0 Å². The zero-order chi connectivity index (χ0) is 23.5. The molecule has 2 amide bonds. The lowest BCUT2D eigenvalue weighted by molar-refractivity contribution is -0.153. The van der Waals surface area contributed by atoms with E-state index in [0.717, 1.165) is 38.5 Å². The lowest BCUT2D eigenvalue weighted by atomic mass is 9.71. The van der Waals surface area contributed by atoms with Gasteiger partial charge in [-0.2, -0.15) is 0 Å². The van der Waals surface area contributed by atoms with Crippen molar-refractivity contribution in [2.75, 3.05) is 26.3 Å². The van der Waals surface area contributed by atoms with Crippen molar-refractivity contribution in [2.45, 2.75) is 81.4 Å². The van der Waals surface area contributed by atoms with Crippen molar-refractivity contribution in [1.82, 2.24) is 9.80 Å². The number of unbranched alkanes of at least 4 members (excludes halogenated alkanes) is 3. The van der Waals surface area contributed by atoms with Gasteiger partial charge in [0.05, 0.1) is 23.2 Å². The Hall–Kier alpha value is -1.54. The number of nitrogens with zero attached hydrogens (tertiary/aromatic N) is 2. The van der Waals surface area contributed by atoms with Crippen LogP contribution >= 0.6 is 11.8 Å². The van der Waals surface area contributed by atoms with Gasteiger partial charge in [0.15, 0.2) is 0 Å². The zero-order valence-corrected chi connectivity index (χ0v) is 20.4. The Balaban J connectivity index is 1.93. The molecule has 0 radical (unpaired) electrons. The van der Waals surface area contributed by atoms with E-state index in [2.05, 4.69) is 6.58 Å². The topological polar surface area (TPSA) is 87.2 Å². The summed E-state index contributed by atoms with van der Waals surface area (Å²) in [6, 6.07) is -0.573. The average Bonchev–Trinajstić information content (AvgIpc) is 3.39. The molecule has 0 aromatic carbocycles. The van der Waals surface area contributed by atoms with Gasteiger partial charge < -0.3 is 19.6 Å². The number of rotatable bonds is 12. The van der Waals surface area contributed by atoms with Crippen LogP contribution in [0.3, 0.4) is 0 Å². The molecule has 3 fully saturated rings. The highest BCUT2D eigenvalue weighted by Crippen LogP contribution is 2.66. The summed E-state index contributed by atoms with van der Waals surface area (Å²) >= 11 is 1.68. The van der Waals surface area contributed by atoms with E-state index >= 15 is 0 Å². The summed E-state index contributed by atoms with van der Waals surface area (Å²) < 4.78 is 4.80. The summed E-state index contributed by atoms with van der Waals surface area (Å²) in [4.78, 5) is 44.1. The fourth-order valence-electron chi connectivity index (χ4n) is 5.78. The first-order valence-electron chi connectivity index (χ1n) is 12.0. The van der Waals surface area contributed by atoms with Crippen LogP contribution in [0.5, 0.6) is 0 Å². The fourth-order valence-corrected chi connectivity index (χ4v) is 7.98. The Morgan fingerprint density at radius 3 is 2.69 bits per heavy atom. The monoisotopic (exact) mass is 466 g/mol. The molecule has 7 nitrogen and oxygen atoms in total. The number of fused-ring (bicyclic) bond motifs is 1. The van der Waals surface area contributed by atoms with Gasteiger partial charge in [-0.3, -0.25) is 14.4 Å². The predicted octanol–water partition coefficient (Wildman–Crippen LogP) is 2.62. The lowest BCUT2D eigenvalue weighted by Gasteiger charge is -2.38. The first-order valence-corrected chi connectivity index (χ1v) is 12.9. The summed E-state index contributed by atoms with van der Waals surface area (Å²) in [5, 5.41) is 9.07. The van der Waals surface area contributed by atoms with Gasteiger partial charge in [-0.1, -0.05) is 18.9 Å². The molecule has 3 rings (SSSR count). The normalized spacial score (nSPS) is 30.7. The molecule has 0 aromatic rings. The van der Waals surface area contributed by atoms with E-state index < -0.39 is 22.6 Å². The molecule has 3 heterocycles. The Morgan fingerprint density at radius 2 is 2.06 bits per heavy atom. The summed E-state index contributed by atoms with van der Waals surface area (Å²) in [6.45, 7) is 10.9. The van der Waals surface area contributed by atoms with Crippen LogP contribution in [0.15, 0.2) is 12.7 Å². The number of hydrogen-bond donors (Lipinski definition) is 1. The lowest BCUT2D eigenvalue weighted by Crippen LogP contribution is -2.56. The highest BCUT2D eigenvalue weighted by atomic mass is 32.2. The van der Waals surface area contributed by atoms with Crippen molar-refractivity contribution in [3.63, 3.8) is 0 Å². The maximum absolute atomic E-state index is 13.9. The largest absolute Gasteiger partial charge is 0.466 e. The quantitative estimate of drug-likeness (QED) is 0.270. The second-order valence-corrected chi connectivity index (χ2v) is 11.0. The van der Waals surface area contributed by atoms with Crippen LogP contribution < -0.4 is 0 Å². The molecule has 3 saturated heterocycles. The fraction of sp³-hybridized carbons (Fsp3) is 0.792. The van der Waals surface area contributed by atoms with E-state index in [0.29, 0.717) is 13.1 Å². The molecule has 1 N–H and O–H groups in total. The Kier molecular flexibility index (Phi) is 8.31. The summed E-state index contributed by atoms with van der Waals surface area (Å²) in [5.41, 5.74) is 0. The van der Waals surface area contributed by atoms with Crippen molar-refractivity contribution < 1.29 is 24.2 Å². The number of ether oxygens (including phenoxy) is 1. The van der Waals surface area contributed by atoms with Gasteiger partial charge in [0, 0.05) is 31.0 Å². The van der Waals surface area contributed by atoms with Gasteiger partial charge >= 0.3 is 5.97 Å². The van der Waals surface area contributed by atoms with Crippen LogP contribution in [0.4, 0.5) is 0 Å². The van der Waals surface area contributed by atoms with Gasteiger partial charge in [-0.25, -0.2) is 0 Å². The van der Waals surface area contributed by atoms with Crippen molar-refractivity contribution in [1.29, 1.82) is 0 Å². The third-order valence-electron chi connectivity index (χ3n) is 7.13. The SMILES string of the molecule is C=CCN(C(=O)C1N(CCCCCCO)C(=O)[C@@H]2[C@H](C(=O)OCC)[C@@H]3CCC12S3)C(C)C. The second-order valence-electron chi connectivity index (χ2n) is 9.35. The number of carbonyl (C=O) groups is 3. The summed E-state index contributed by atoms with van der Waals surface area (Å²) in [7, 11) is 0. The number of carbonyl (C=O) groups excluding carboxylic acids is 3. The minimum absolute atomic E-state index is 0.0121. The maximum Gasteiger partial charge on any atom is 0.310 e. The van der Waals surface area contributed by atoms with E-state index in [1.54, 1.807) is 34.6 Å². The first-order chi connectivity index (χ1) is 15.3. The molecule has 3 aliphatic rings. The molecular formula is C24H38N2O5S. The molecule has 32 heavy (non-hydrogen) atoms. The zero-order valence-electron chi connectivity index (χ0n) is 19.6. The molecule has 5 atom stereocenters. The van der Waals surface area contributed by atoms with Crippen LogP contribution in [-0.2, 0) is 19.1 Å². The van der Waals surface area contributed by atoms with Gasteiger partial charge in [0.25, 0.3) is 0 Å². The van der Waals surface area contributed by atoms with Gasteiger partial charge in [-0.15, -0.1) is 18.3 Å². The Bertz CT molecular complexity index is 729. The first kappa shape index (κ1) is 25.1. The third-order valence-corrected chi connectivity index (χ3v) is 9.08. The smallest absolute Gasteiger partial charge is 0.310 e. The van der Waals surface area contributed by atoms with Gasteiger partial charge in [0.1, 0.15) is 6.04 Å². The number of amides is 2. The number of hydrogen-bond acceptors (Lipinski definition) is 6. The molecule has 0 aliphatic carbocycles. The number of aliphatic hydroxyl groups excluding tert-OH is 1. The molecule has 2 bridgehead atoms. The maximum atomic E-state index is 13.9. The number of likely N-dealkylation sites (tertiary alicyclic amines) is 1. The van der Waals surface area contributed by atoms with Crippen LogP contribution in [0, 0.1) is 11.8 Å². The van der Waals surface area contributed by atoms with Crippen LogP contribution in [0.2, 0.25) is 0 Å². The van der Waals surface area contributed by atoms with E-state index in [4.69, 9.17) is 9.84 Å². The number of thioether (sulfide) groups is 1. The van der Waals surface area contributed by atoms with Crippen LogP contribution in [0.1, 0.15) is 59.3 Å². The van der Waals surface area contributed by atoms with Crippen LogP contribution in [0.25, 0.3) is 0 Å². The van der Waals surface area contributed by atoms with Gasteiger partial charge in [0.2, 0.25) is 11.8 Å². The van der Waals surface area contributed by atoms with E-state index in [1.807, 2.05) is 13.8 Å². The minimum atomic E-state index is -0.561. The van der Waals surface area contributed by atoms with E-state index in [9.17, 15) is 14.4 Å². The summed E-state index contributed by atoms with van der Waals surface area (Å²) in [5.74, 6) is -1.37. The number of esters is 1. The van der Waals surface area contributed by atoms with Crippen molar-refractivity contribution in [3.05, 3.63) is 12.7 Å². The highest BCUT2D eigenvalue weighted by Gasteiger charge is 2.74. The molecule has 0 aromatic heterocycles. The molecule has 2 unspecified atom stereocenters. The standard InChI is InChI=1S/C24H38N2O5S/c1-5-13-25(16(3)4)22(29)20-24-12-11-17(32-24)18(23(30)31-6-2)19(24)21(28)26(20)14-9-7-8-10-15-27/h5,16-20,27H,1,6-15H2,2-4H3/t17-,18+,19-,20?,24?/m0/s1. The Morgan fingerprint density at radius 1 is 1.34 bits per heavy atom. The highest BCUT2D eigenvalue weighted by molar-refractivity contribution is 8.02. The molecule has 1 spiro atoms. The molecule has 3 aliphatic heterocycles. The van der Waals surface area contributed by atoms with Gasteiger partial charge in [-0.05, 0) is 46.5 Å². The second kappa shape index (κ2) is 10.6. The van der Waals surface area contributed by atoms with Crippen molar-refractivity contribution >= 4 is 29.5 Å². The molecule has 0 saturated carbocycles. The van der Waals surface area contributed by atoms with Crippen LogP contribution in [-0.4, -0.2) is 81.1 Å². The third kappa shape index (κ3) is 4.32. The van der Waals surface area contributed by atoms with Crippen molar-refractivity contribution in [3.8, 4) is 0 Å². The molecular weight excluding hydrogens is 428 g/mol. The van der Waals surface area contributed by atoms with Crippen molar-refractivity contribution in [2.24, 2.45) is 11.8 Å². The van der Waals surface area contributed by atoms with E-state index in [-0.39, 0.29) is 42.3 Å². The minimum Gasteiger partial charge on any atom is -0.466 e. The average molecular weight is 467 g/mol. The molecule has 180 valence electrons. The molecule has 8 heteroatoms. The predicted molar refractivity (Wildman–Crippen MR) is 125 cm³/mol.